The fourth-order valence-corrected chi connectivity index (χ4v) is 2.50. The number of carbonyl (C=O) groups excluding carboxylic acids is 2. The van der Waals surface area contributed by atoms with E-state index in [-0.39, 0.29) is 11.9 Å². The van der Waals surface area contributed by atoms with Gasteiger partial charge >= 0.3 is 5.97 Å². The van der Waals surface area contributed by atoms with Gasteiger partial charge in [-0.3, -0.25) is 4.79 Å². The molecule has 0 heterocycles. The molecule has 0 bridgehead atoms. The Balaban J connectivity index is 2.09. The van der Waals surface area contributed by atoms with Crippen LogP contribution in [0.1, 0.15) is 39.5 Å². The van der Waals surface area contributed by atoms with Crippen molar-refractivity contribution in [3.8, 4) is 0 Å². The predicted octanol–water partition coefficient (Wildman–Crippen LogP) is 3.97. The minimum atomic E-state index is -0.353. The number of anilines is 1. The van der Waals surface area contributed by atoms with Gasteiger partial charge in [-0.2, -0.15) is 0 Å². The molecule has 0 aliphatic rings. The number of rotatable bonds is 5. The van der Waals surface area contributed by atoms with Gasteiger partial charge in [0.1, 0.15) is 0 Å². The van der Waals surface area contributed by atoms with Crippen LogP contribution in [0.3, 0.4) is 0 Å². The maximum atomic E-state index is 12.3. The van der Waals surface area contributed by atoms with Crippen LogP contribution in [0.4, 0.5) is 5.69 Å². The first kappa shape index (κ1) is 17.7. The minimum absolute atomic E-state index is 0.0734. The van der Waals surface area contributed by atoms with Crippen molar-refractivity contribution in [1.82, 2.24) is 0 Å². The van der Waals surface area contributed by atoms with Crippen LogP contribution in [0, 0.1) is 20.8 Å². The molecule has 0 aliphatic carbocycles. The zero-order valence-electron chi connectivity index (χ0n) is 14.6. The first-order valence-corrected chi connectivity index (χ1v) is 8.04. The van der Waals surface area contributed by atoms with Crippen molar-refractivity contribution in [2.45, 2.75) is 34.1 Å². The number of carbonyl (C=O) groups is 2. The van der Waals surface area contributed by atoms with Crippen molar-refractivity contribution in [2.24, 2.45) is 0 Å². The molecule has 24 heavy (non-hydrogen) atoms. The molecule has 2 rings (SSSR count). The van der Waals surface area contributed by atoms with Crippen molar-refractivity contribution < 1.29 is 14.3 Å². The normalized spacial score (nSPS) is 10.3. The van der Waals surface area contributed by atoms with E-state index >= 15 is 0 Å². The van der Waals surface area contributed by atoms with E-state index in [0.717, 1.165) is 22.3 Å². The van der Waals surface area contributed by atoms with Crippen LogP contribution >= 0.6 is 0 Å². The van der Waals surface area contributed by atoms with E-state index in [1.165, 1.54) is 0 Å². The zero-order chi connectivity index (χ0) is 17.7. The summed E-state index contributed by atoms with van der Waals surface area (Å²) in [5.41, 5.74) is 5.28. The summed E-state index contributed by atoms with van der Waals surface area (Å²) in [5.74, 6) is -0.426. The topological polar surface area (TPSA) is 55.4 Å². The average molecular weight is 325 g/mol. The van der Waals surface area contributed by atoms with E-state index < -0.39 is 0 Å². The molecule has 126 valence electrons. The highest BCUT2D eigenvalue weighted by molar-refractivity contribution is 5.95. The molecular formula is C20H23NO3. The van der Waals surface area contributed by atoms with Gasteiger partial charge < -0.3 is 10.1 Å². The summed E-state index contributed by atoms with van der Waals surface area (Å²) in [6, 6.07) is 11.2. The van der Waals surface area contributed by atoms with Gasteiger partial charge in [-0.05, 0) is 62.6 Å². The lowest BCUT2D eigenvalue weighted by Gasteiger charge is -2.11. The largest absolute Gasteiger partial charge is 0.462 e. The van der Waals surface area contributed by atoms with Gasteiger partial charge in [0.15, 0.2) is 0 Å². The van der Waals surface area contributed by atoms with Gasteiger partial charge in [0, 0.05) is 5.69 Å². The Hall–Kier alpha value is -2.62. The van der Waals surface area contributed by atoms with Gasteiger partial charge in [0.25, 0.3) is 0 Å². The molecule has 0 atom stereocenters. The van der Waals surface area contributed by atoms with Crippen LogP contribution in [0.15, 0.2) is 36.4 Å². The van der Waals surface area contributed by atoms with Crippen LogP contribution in [-0.4, -0.2) is 18.5 Å². The highest BCUT2D eigenvalue weighted by Gasteiger charge is 2.11. The van der Waals surface area contributed by atoms with E-state index in [2.05, 4.69) is 5.32 Å². The second kappa shape index (κ2) is 7.77. The maximum absolute atomic E-state index is 12.3. The van der Waals surface area contributed by atoms with Crippen LogP contribution in [0.5, 0.6) is 0 Å². The highest BCUT2D eigenvalue weighted by atomic mass is 16.5. The average Bonchev–Trinajstić information content (AvgIpc) is 2.53. The van der Waals surface area contributed by atoms with Crippen molar-refractivity contribution in [3.05, 3.63) is 64.2 Å². The first-order chi connectivity index (χ1) is 11.4. The summed E-state index contributed by atoms with van der Waals surface area (Å²) in [7, 11) is 0. The Kier molecular flexibility index (Phi) is 5.74. The summed E-state index contributed by atoms with van der Waals surface area (Å²) in [4.78, 5) is 24.0. The van der Waals surface area contributed by atoms with E-state index in [9.17, 15) is 9.59 Å². The van der Waals surface area contributed by atoms with Crippen LogP contribution in [0.25, 0.3) is 0 Å². The monoisotopic (exact) mass is 325 g/mol. The molecule has 0 aromatic heterocycles. The SMILES string of the molecule is CCOC(=O)c1ccc(NC(=O)Cc2cc(C)ccc2C)c(C)c1. The molecule has 0 saturated carbocycles. The summed E-state index contributed by atoms with van der Waals surface area (Å²) in [6.45, 7) is 7.98. The fourth-order valence-electron chi connectivity index (χ4n) is 2.50. The molecule has 1 N–H and O–H groups in total. The van der Waals surface area contributed by atoms with Gasteiger partial charge in [0.2, 0.25) is 5.91 Å². The predicted molar refractivity (Wildman–Crippen MR) is 95.4 cm³/mol. The Labute approximate surface area is 142 Å². The molecular weight excluding hydrogens is 302 g/mol. The second-order valence-corrected chi connectivity index (χ2v) is 5.91. The minimum Gasteiger partial charge on any atom is -0.462 e. The van der Waals surface area contributed by atoms with Crippen molar-refractivity contribution in [3.63, 3.8) is 0 Å². The zero-order valence-corrected chi connectivity index (χ0v) is 14.6. The number of hydrogen-bond donors (Lipinski definition) is 1. The molecule has 1 amide bonds. The number of amides is 1. The highest BCUT2D eigenvalue weighted by Crippen LogP contribution is 2.18. The Bertz CT molecular complexity index is 765. The molecule has 0 saturated heterocycles. The first-order valence-electron chi connectivity index (χ1n) is 8.04. The number of ether oxygens (including phenoxy) is 1. The molecule has 4 nitrogen and oxygen atoms in total. The Morgan fingerprint density at radius 3 is 2.42 bits per heavy atom. The van der Waals surface area contributed by atoms with E-state index in [4.69, 9.17) is 4.74 Å². The van der Waals surface area contributed by atoms with Crippen molar-refractivity contribution in [1.29, 1.82) is 0 Å². The summed E-state index contributed by atoms with van der Waals surface area (Å²) < 4.78 is 4.98. The number of hydrogen-bond acceptors (Lipinski definition) is 3. The third-order valence-electron chi connectivity index (χ3n) is 3.87. The molecule has 4 heteroatoms. The summed E-state index contributed by atoms with van der Waals surface area (Å²) >= 11 is 0. The molecule has 0 fully saturated rings. The molecule has 0 unspecified atom stereocenters. The number of nitrogens with one attached hydrogen (secondary N) is 1. The van der Waals surface area contributed by atoms with Crippen molar-refractivity contribution >= 4 is 17.6 Å². The Morgan fingerprint density at radius 2 is 1.75 bits per heavy atom. The molecule has 0 radical (unpaired) electrons. The summed E-state index contributed by atoms with van der Waals surface area (Å²) in [5, 5.41) is 2.91. The molecule has 2 aromatic carbocycles. The van der Waals surface area contributed by atoms with Gasteiger partial charge in [-0.1, -0.05) is 23.8 Å². The number of benzene rings is 2. The lowest BCUT2D eigenvalue weighted by molar-refractivity contribution is -0.115. The smallest absolute Gasteiger partial charge is 0.338 e. The lowest BCUT2D eigenvalue weighted by Crippen LogP contribution is -2.16. The molecule has 0 spiro atoms. The molecule has 2 aromatic rings. The second-order valence-electron chi connectivity index (χ2n) is 5.91. The Morgan fingerprint density at radius 1 is 1.00 bits per heavy atom. The summed E-state index contributed by atoms with van der Waals surface area (Å²) in [6.07, 6.45) is 0.326. The van der Waals surface area contributed by atoms with Gasteiger partial charge in [-0.25, -0.2) is 4.79 Å². The van der Waals surface area contributed by atoms with Gasteiger partial charge in [-0.15, -0.1) is 0 Å². The van der Waals surface area contributed by atoms with E-state index in [1.54, 1.807) is 25.1 Å². The number of aryl methyl sites for hydroxylation is 3. The molecule has 0 aliphatic heterocycles. The van der Waals surface area contributed by atoms with Crippen molar-refractivity contribution in [2.75, 3.05) is 11.9 Å². The third-order valence-corrected chi connectivity index (χ3v) is 3.87. The van der Waals surface area contributed by atoms with Gasteiger partial charge in [0.05, 0.1) is 18.6 Å². The quantitative estimate of drug-likeness (QED) is 0.846. The van der Waals surface area contributed by atoms with E-state index in [1.807, 2.05) is 39.0 Å². The lowest BCUT2D eigenvalue weighted by atomic mass is 10.0. The fraction of sp³-hybridized carbons (Fsp3) is 0.300. The van der Waals surface area contributed by atoms with E-state index in [0.29, 0.717) is 24.3 Å². The number of esters is 1. The maximum Gasteiger partial charge on any atom is 0.338 e. The third kappa shape index (κ3) is 4.44. The standard InChI is InChI=1S/C20H23NO3/c1-5-24-20(23)16-8-9-18(15(4)11-16)21-19(22)12-17-10-13(2)6-7-14(17)3/h6-11H,5,12H2,1-4H3,(H,21,22). The van der Waals surface area contributed by atoms with Crippen LogP contribution < -0.4 is 5.32 Å². The van der Waals surface area contributed by atoms with Crippen LogP contribution in [0.2, 0.25) is 0 Å². The van der Waals surface area contributed by atoms with Crippen LogP contribution in [-0.2, 0) is 16.0 Å².